The van der Waals surface area contributed by atoms with E-state index in [0.29, 0.717) is 11.9 Å². The number of aliphatic hydroxyl groups is 1. The number of rotatable bonds is 9. The average Bonchev–Trinajstić information content (AvgIpc) is 2.93. The Morgan fingerprint density at radius 2 is 1.50 bits per heavy atom. The van der Waals surface area contributed by atoms with Gasteiger partial charge in [0.1, 0.15) is 16.9 Å². The second-order valence-corrected chi connectivity index (χ2v) is 10.8. The highest BCUT2D eigenvalue weighted by Crippen LogP contribution is 2.47. The van der Waals surface area contributed by atoms with Crippen molar-refractivity contribution >= 4 is 37.5 Å². The van der Waals surface area contributed by atoms with Gasteiger partial charge >= 0.3 is 0 Å². The molecular weight excluding hydrogens is 534 g/mol. The molecule has 0 bridgehead atoms. The number of hydrogen-bond donors (Lipinski definition) is 1. The number of ether oxygens (including phenoxy) is 1. The lowest BCUT2D eigenvalue weighted by atomic mass is 9.70. The van der Waals surface area contributed by atoms with Gasteiger partial charge < -0.3 is 14.7 Å². The molecular formula is C34H34BrNO2. The fourth-order valence-corrected chi connectivity index (χ4v) is 5.77. The smallest absolute Gasteiger partial charge is 0.143 e. The monoisotopic (exact) mass is 567 g/mol. The van der Waals surface area contributed by atoms with Crippen LogP contribution in [0.3, 0.4) is 0 Å². The quantitative estimate of drug-likeness (QED) is 0.183. The lowest BCUT2D eigenvalue weighted by Crippen LogP contribution is -2.37. The van der Waals surface area contributed by atoms with Crippen molar-refractivity contribution in [3.05, 3.63) is 125 Å². The number of fused-ring (bicyclic) bond motifs is 2. The SMILES string of the molecule is Cc1ccc(C(c2ccc3ccc(OCBr)cc3c2)C(O)(CCN(C)C)c2cccc3ccccc23)cc1. The molecule has 0 aliphatic heterocycles. The Balaban J connectivity index is 1.77. The zero-order valence-electron chi connectivity index (χ0n) is 22.2. The van der Waals surface area contributed by atoms with Crippen LogP contribution in [0.25, 0.3) is 21.5 Å². The molecule has 5 aromatic carbocycles. The number of nitrogens with zero attached hydrogens (tertiary/aromatic N) is 1. The Kier molecular flexibility index (Phi) is 7.85. The van der Waals surface area contributed by atoms with Gasteiger partial charge in [0.05, 0.1) is 0 Å². The fourth-order valence-electron chi connectivity index (χ4n) is 5.51. The van der Waals surface area contributed by atoms with E-state index in [1.165, 1.54) is 5.56 Å². The van der Waals surface area contributed by atoms with Crippen molar-refractivity contribution in [1.82, 2.24) is 4.90 Å². The third-order valence-corrected chi connectivity index (χ3v) is 7.70. The summed E-state index contributed by atoms with van der Waals surface area (Å²) in [4.78, 5) is 2.15. The second kappa shape index (κ2) is 11.3. The molecule has 4 heteroatoms. The van der Waals surface area contributed by atoms with Crippen LogP contribution in [0.2, 0.25) is 0 Å². The Bertz CT molecular complexity index is 1540. The van der Waals surface area contributed by atoms with E-state index in [4.69, 9.17) is 4.74 Å². The summed E-state index contributed by atoms with van der Waals surface area (Å²) in [6, 6.07) is 35.9. The summed E-state index contributed by atoms with van der Waals surface area (Å²) in [5.74, 6) is 0.536. The molecule has 0 saturated carbocycles. The number of halogens is 1. The van der Waals surface area contributed by atoms with E-state index in [2.05, 4.69) is 139 Å². The largest absolute Gasteiger partial charge is 0.482 e. The summed E-state index contributed by atoms with van der Waals surface area (Å²) in [6.07, 6.45) is 0.581. The van der Waals surface area contributed by atoms with Crippen LogP contribution in [0, 0.1) is 6.92 Å². The van der Waals surface area contributed by atoms with E-state index >= 15 is 0 Å². The number of benzene rings is 5. The van der Waals surface area contributed by atoms with Gasteiger partial charge in [-0.2, -0.15) is 0 Å². The predicted octanol–water partition coefficient (Wildman–Crippen LogP) is 8.00. The average molecular weight is 569 g/mol. The lowest BCUT2D eigenvalue weighted by molar-refractivity contribution is 0.00591. The van der Waals surface area contributed by atoms with Crippen molar-refractivity contribution in [2.45, 2.75) is 24.9 Å². The van der Waals surface area contributed by atoms with Gasteiger partial charge in [-0.1, -0.05) is 96.6 Å². The first kappa shape index (κ1) is 26.4. The molecule has 1 N–H and O–H groups in total. The lowest BCUT2D eigenvalue weighted by Gasteiger charge is -2.39. The van der Waals surface area contributed by atoms with Crippen LogP contribution in [0.1, 0.15) is 34.6 Å². The Morgan fingerprint density at radius 1 is 0.789 bits per heavy atom. The van der Waals surface area contributed by atoms with E-state index < -0.39 is 5.60 Å². The Labute approximate surface area is 233 Å². The van der Waals surface area contributed by atoms with E-state index in [9.17, 15) is 5.11 Å². The summed E-state index contributed by atoms with van der Waals surface area (Å²) < 4.78 is 5.72. The Morgan fingerprint density at radius 3 is 2.26 bits per heavy atom. The van der Waals surface area contributed by atoms with Crippen molar-refractivity contribution in [1.29, 1.82) is 0 Å². The van der Waals surface area contributed by atoms with Gasteiger partial charge in [-0.3, -0.25) is 0 Å². The molecule has 2 atom stereocenters. The van der Waals surface area contributed by atoms with E-state index in [1.54, 1.807) is 0 Å². The maximum absolute atomic E-state index is 13.0. The summed E-state index contributed by atoms with van der Waals surface area (Å²) in [6.45, 7) is 2.85. The normalized spacial score (nSPS) is 14.1. The molecule has 3 nitrogen and oxygen atoms in total. The number of aryl methyl sites for hydroxylation is 1. The van der Waals surface area contributed by atoms with Crippen molar-refractivity contribution in [2.24, 2.45) is 0 Å². The van der Waals surface area contributed by atoms with Gasteiger partial charge in [0.2, 0.25) is 0 Å². The zero-order valence-corrected chi connectivity index (χ0v) is 23.8. The summed E-state index contributed by atoms with van der Waals surface area (Å²) >= 11 is 3.37. The molecule has 0 saturated heterocycles. The van der Waals surface area contributed by atoms with Gasteiger partial charge in [-0.25, -0.2) is 0 Å². The highest BCUT2D eigenvalue weighted by molar-refractivity contribution is 9.09. The van der Waals surface area contributed by atoms with Crippen LogP contribution in [-0.2, 0) is 5.60 Å². The second-order valence-electron chi connectivity index (χ2n) is 10.4. The molecule has 0 aliphatic rings. The molecule has 38 heavy (non-hydrogen) atoms. The van der Waals surface area contributed by atoms with Crippen LogP contribution in [-0.4, -0.2) is 36.2 Å². The molecule has 0 amide bonds. The van der Waals surface area contributed by atoms with Crippen molar-refractivity contribution in [3.8, 4) is 5.75 Å². The van der Waals surface area contributed by atoms with Crippen LogP contribution >= 0.6 is 15.9 Å². The van der Waals surface area contributed by atoms with E-state index in [0.717, 1.165) is 50.5 Å². The molecule has 0 fully saturated rings. The minimum absolute atomic E-state index is 0.279. The minimum Gasteiger partial charge on any atom is -0.482 e. The topological polar surface area (TPSA) is 32.7 Å². The first-order chi connectivity index (χ1) is 18.4. The standard InChI is InChI=1S/C34H34BrNO2/c1-24-11-13-27(14-12-24)33(28-16-15-25-17-18-30(38-23-35)22-29(25)21-28)34(37,19-20-36(2)3)32-10-6-8-26-7-4-5-9-31(26)32/h4-18,21-22,33,37H,19-20,23H2,1-3H3. The zero-order chi connectivity index (χ0) is 26.7. The van der Waals surface area contributed by atoms with Crippen molar-refractivity contribution in [2.75, 3.05) is 26.2 Å². The number of alkyl halides is 1. The first-order valence-electron chi connectivity index (χ1n) is 13.0. The summed E-state index contributed by atoms with van der Waals surface area (Å²) in [7, 11) is 4.12. The molecule has 0 aromatic heterocycles. The summed E-state index contributed by atoms with van der Waals surface area (Å²) in [5.41, 5.74) is 3.61. The van der Waals surface area contributed by atoms with Gasteiger partial charge in [0.25, 0.3) is 0 Å². The highest BCUT2D eigenvalue weighted by Gasteiger charge is 2.41. The van der Waals surface area contributed by atoms with Crippen LogP contribution in [0.5, 0.6) is 5.75 Å². The molecule has 194 valence electrons. The van der Waals surface area contributed by atoms with Gasteiger partial charge in [0, 0.05) is 12.5 Å². The fraction of sp³-hybridized carbons (Fsp3) is 0.235. The summed E-state index contributed by atoms with van der Waals surface area (Å²) in [5, 5.41) is 17.5. The molecule has 5 rings (SSSR count). The predicted molar refractivity (Wildman–Crippen MR) is 162 cm³/mol. The number of hydrogen-bond acceptors (Lipinski definition) is 3. The molecule has 0 aliphatic carbocycles. The first-order valence-corrected chi connectivity index (χ1v) is 14.2. The van der Waals surface area contributed by atoms with Crippen LogP contribution in [0.15, 0.2) is 103 Å². The molecule has 5 aromatic rings. The third-order valence-electron chi connectivity index (χ3n) is 7.47. The van der Waals surface area contributed by atoms with Crippen molar-refractivity contribution < 1.29 is 9.84 Å². The van der Waals surface area contributed by atoms with Crippen molar-refractivity contribution in [3.63, 3.8) is 0 Å². The third kappa shape index (κ3) is 5.35. The molecule has 0 spiro atoms. The van der Waals surface area contributed by atoms with Crippen LogP contribution in [0.4, 0.5) is 0 Å². The van der Waals surface area contributed by atoms with Gasteiger partial charge in [0.15, 0.2) is 0 Å². The van der Waals surface area contributed by atoms with Gasteiger partial charge in [-0.15, -0.1) is 0 Å². The molecule has 0 radical (unpaired) electrons. The minimum atomic E-state index is -1.15. The maximum Gasteiger partial charge on any atom is 0.143 e. The van der Waals surface area contributed by atoms with Gasteiger partial charge in [-0.05, 0) is 93.7 Å². The highest BCUT2D eigenvalue weighted by atomic mass is 79.9. The van der Waals surface area contributed by atoms with Crippen LogP contribution < -0.4 is 4.74 Å². The Hall–Kier alpha value is -3.18. The molecule has 0 heterocycles. The van der Waals surface area contributed by atoms with E-state index in [1.807, 2.05) is 6.07 Å². The van der Waals surface area contributed by atoms with E-state index in [-0.39, 0.29) is 5.92 Å². The maximum atomic E-state index is 13.0. The molecule has 2 unspecified atom stereocenters.